The van der Waals surface area contributed by atoms with Crippen LogP contribution >= 0.6 is 77.8 Å². The summed E-state index contributed by atoms with van der Waals surface area (Å²) in [5.41, 5.74) is 0. The van der Waals surface area contributed by atoms with E-state index in [9.17, 15) is 0 Å². The molecule has 0 amide bonds. The van der Waals surface area contributed by atoms with E-state index in [1.165, 1.54) is 0 Å². The Balaban J connectivity index is 1.96. The van der Waals surface area contributed by atoms with E-state index in [4.69, 9.17) is 46.4 Å². The van der Waals surface area contributed by atoms with Crippen LogP contribution in [-0.2, 0) is 0 Å². The molecule has 0 heterocycles. The number of halogens is 4. The Bertz CT molecular complexity index is 497. The average Bonchev–Trinajstić information content (AvgIpc) is 2.26. The fourth-order valence-electron chi connectivity index (χ4n) is 1.25. The first kappa shape index (κ1) is 16.0. The summed E-state index contributed by atoms with van der Waals surface area (Å²) in [4.78, 5) is 2.01. The zero-order chi connectivity index (χ0) is 13.8. The topological polar surface area (TPSA) is 0 Å². The van der Waals surface area contributed by atoms with Crippen LogP contribution in [0, 0.1) is 0 Å². The van der Waals surface area contributed by atoms with Crippen LogP contribution in [0.5, 0.6) is 0 Å². The second-order valence-electron chi connectivity index (χ2n) is 3.45. The van der Waals surface area contributed by atoms with Crippen LogP contribution < -0.4 is 0 Å². The van der Waals surface area contributed by atoms with E-state index in [0.29, 0.717) is 20.1 Å². The van der Waals surface area contributed by atoms with Gasteiger partial charge in [0, 0.05) is 29.9 Å². The van der Waals surface area contributed by atoms with Gasteiger partial charge in [0.15, 0.2) is 0 Å². The minimum atomic E-state index is 0.631. The van der Waals surface area contributed by atoms with Crippen molar-refractivity contribution in [1.82, 2.24) is 0 Å². The van der Waals surface area contributed by atoms with Crippen molar-refractivity contribution >= 4 is 77.8 Å². The van der Waals surface area contributed by atoms with Gasteiger partial charge in [-0.25, -0.2) is 0 Å². The molecule has 7 heteroatoms. The molecule has 19 heavy (non-hydrogen) atoms. The molecule has 2 aromatic carbocycles. The van der Waals surface area contributed by atoms with Gasteiger partial charge in [0.05, 0.1) is 0 Å². The number of benzene rings is 2. The second-order valence-corrected chi connectivity index (χ2v) is 9.24. The zero-order valence-electron chi connectivity index (χ0n) is 9.20. The van der Waals surface area contributed by atoms with Crippen LogP contribution in [-0.4, -0.2) is 0 Å². The van der Waals surface area contributed by atoms with Crippen molar-refractivity contribution in [2.45, 2.75) is 9.79 Å². The van der Waals surface area contributed by atoms with Crippen molar-refractivity contribution in [3.05, 3.63) is 56.5 Å². The number of hydrogen-bond acceptors (Lipinski definition) is 3. The third-order valence-corrected chi connectivity index (χ3v) is 6.59. The van der Waals surface area contributed by atoms with Gasteiger partial charge >= 0.3 is 0 Å². The van der Waals surface area contributed by atoms with Gasteiger partial charge in [0.2, 0.25) is 0 Å². The van der Waals surface area contributed by atoms with Crippen molar-refractivity contribution in [2.75, 3.05) is 0 Å². The van der Waals surface area contributed by atoms with E-state index in [0.717, 1.165) is 9.79 Å². The molecule has 0 atom stereocenters. The summed E-state index contributed by atoms with van der Waals surface area (Å²) in [5, 5.41) is 2.52. The molecule has 0 saturated heterocycles. The highest BCUT2D eigenvalue weighted by Crippen LogP contribution is 2.46. The molecule has 2 aromatic rings. The Morgan fingerprint density at radius 1 is 0.526 bits per heavy atom. The van der Waals surface area contributed by atoms with Crippen molar-refractivity contribution in [3.63, 3.8) is 0 Å². The Hall–Kier alpha value is 0.650. The molecule has 0 unspecified atom stereocenters. The van der Waals surface area contributed by atoms with Gasteiger partial charge in [-0.2, -0.15) is 0 Å². The van der Waals surface area contributed by atoms with Crippen LogP contribution in [0.2, 0.25) is 20.1 Å². The van der Waals surface area contributed by atoms with Crippen molar-refractivity contribution in [1.29, 1.82) is 0 Å². The van der Waals surface area contributed by atoms with E-state index in [1.54, 1.807) is 43.5 Å². The molecule has 0 aromatic heterocycles. The highest BCUT2D eigenvalue weighted by molar-refractivity contribution is 9.09. The van der Waals surface area contributed by atoms with Crippen molar-refractivity contribution in [3.8, 4) is 0 Å². The molecule has 0 aliphatic rings. The summed E-state index contributed by atoms with van der Waals surface area (Å²) in [6.45, 7) is 0. The highest BCUT2D eigenvalue weighted by atomic mass is 35.5. The van der Waals surface area contributed by atoms with E-state index in [1.807, 2.05) is 24.3 Å². The van der Waals surface area contributed by atoms with Crippen LogP contribution in [0.25, 0.3) is 0 Å². The van der Waals surface area contributed by atoms with Crippen molar-refractivity contribution < 1.29 is 0 Å². The normalized spacial score (nSPS) is 10.7. The fraction of sp³-hybridized carbons (Fsp3) is 0. The molecule has 0 aliphatic carbocycles. The lowest BCUT2D eigenvalue weighted by Crippen LogP contribution is -1.71. The van der Waals surface area contributed by atoms with E-state index < -0.39 is 0 Å². The van der Waals surface area contributed by atoms with Gasteiger partial charge in [0.25, 0.3) is 0 Å². The standard InChI is InChI=1S/C12H6Cl4S3/c13-7-1-8(14)4-11(3-7)17-19-18-12-5-9(15)2-10(16)6-12/h1-6H. The highest BCUT2D eigenvalue weighted by Gasteiger charge is 2.03. The molecule has 0 saturated carbocycles. The Morgan fingerprint density at radius 3 is 1.16 bits per heavy atom. The van der Waals surface area contributed by atoms with E-state index in [-0.39, 0.29) is 0 Å². The smallest absolute Gasteiger partial charge is 0.0432 e. The van der Waals surface area contributed by atoms with Gasteiger partial charge in [-0.1, -0.05) is 46.4 Å². The van der Waals surface area contributed by atoms with Gasteiger partial charge in [-0.15, -0.1) is 0 Å². The van der Waals surface area contributed by atoms with Crippen molar-refractivity contribution in [2.24, 2.45) is 0 Å². The zero-order valence-corrected chi connectivity index (χ0v) is 14.7. The average molecular weight is 388 g/mol. The quantitative estimate of drug-likeness (QED) is 0.492. The first-order valence-electron chi connectivity index (χ1n) is 4.96. The minimum absolute atomic E-state index is 0.631. The Kier molecular flexibility index (Phi) is 6.41. The third-order valence-electron chi connectivity index (χ3n) is 1.93. The maximum Gasteiger partial charge on any atom is 0.0432 e. The van der Waals surface area contributed by atoms with Crippen LogP contribution in [0.1, 0.15) is 0 Å². The van der Waals surface area contributed by atoms with E-state index >= 15 is 0 Å². The SMILES string of the molecule is Clc1cc(Cl)cc(SSSc2cc(Cl)cc(Cl)c2)c1. The molecule has 0 N–H and O–H groups in total. The minimum Gasteiger partial charge on any atom is -0.0842 e. The van der Waals surface area contributed by atoms with Gasteiger partial charge in [-0.05, 0) is 67.8 Å². The lowest BCUT2D eigenvalue weighted by molar-refractivity contribution is 1.47. The molecule has 0 aliphatic heterocycles. The van der Waals surface area contributed by atoms with Crippen LogP contribution in [0.15, 0.2) is 46.2 Å². The third kappa shape index (κ3) is 5.50. The van der Waals surface area contributed by atoms with Crippen LogP contribution in [0.3, 0.4) is 0 Å². The molecule has 0 radical (unpaired) electrons. The summed E-state index contributed by atoms with van der Waals surface area (Å²) in [6, 6.07) is 10.9. The Morgan fingerprint density at radius 2 is 0.842 bits per heavy atom. The van der Waals surface area contributed by atoms with Gasteiger partial charge in [-0.3, -0.25) is 0 Å². The summed E-state index contributed by atoms with van der Waals surface area (Å²) in [5.74, 6) is 0. The second kappa shape index (κ2) is 7.60. The molecular formula is C12H6Cl4S3. The molecule has 0 spiro atoms. The van der Waals surface area contributed by atoms with E-state index in [2.05, 4.69) is 0 Å². The maximum absolute atomic E-state index is 5.94. The molecule has 0 fully saturated rings. The number of rotatable bonds is 4. The monoisotopic (exact) mass is 386 g/mol. The lowest BCUT2D eigenvalue weighted by Gasteiger charge is -2.03. The van der Waals surface area contributed by atoms with Gasteiger partial charge in [0.1, 0.15) is 0 Å². The summed E-state index contributed by atoms with van der Waals surface area (Å²) < 4.78 is 0. The first-order chi connectivity index (χ1) is 9.02. The Labute approximate surface area is 143 Å². The maximum atomic E-state index is 5.94. The molecule has 2 rings (SSSR count). The predicted molar refractivity (Wildman–Crippen MR) is 92.2 cm³/mol. The largest absolute Gasteiger partial charge is 0.0842 e. The van der Waals surface area contributed by atoms with Crippen LogP contribution in [0.4, 0.5) is 0 Å². The van der Waals surface area contributed by atoms with Gasteiger partial charge < -0.3 is 0 Å². The molecule has 0 nitrogen and oxygen atoms in total. The predicted octanol–water partition coefficient (Wildman–Crippen LogP) is 7.75. The molecule has 100 valence electrons. The summed E-state index contributed by atoms with van der Waals surface area (Å²) >= 11 is 23.8. The summed E-state index contributed by atoms with van der Waals surface area (Å²) in [7, 11) is 4.75. The fourth-order valence-corrected chi connectivity index (χ4v) is 6.32. The molecule has 0 bridgehead atoms. The number of hydrogen-bond donors (Lipinski definition) is 0. The first-order valence-corrected chi connectivity index (χ1v) is 9.96. The summed E-state index contributed by atoms with van der Waals surface area (Å²) in [6.07, 6.45) is 0. The molecular weight excluding hydrogens is 382 g/mol. The lowest BCUT2D eigenvalue weighted by atomic mass is 10.4.